The predicted molar refractivity (Wildman–Crippen MR) is 150 cm³/mol. The average Bonchev–Trinajstić information content (AvgIpc) is 3.43. The third-order valence-corrected chi connectivity index (χ3v) is 9.72. The van der Waals surface area contributed by atoms with E-state index in [1.54, 1.807) is 0 Å². The molecule has 0 spiro atoms. The maximum Gasteiger partial charge on any atom is 0.0381 e. The summed E-state index contributed by atoms with van der Waals surface area (Å²) in [5, 5.41) is 2.79. The molecule has 164 valence electrons. The quantitative estimate of drug-likeness (QED) is 0.239. The Hall–Kier alpha value is -3.20. The summed E-state index contributed by atoms with van der Waals surface area (Å²) in [7, 11) is 0. The van der Waals surface area contributed by atoms with Gasteiger partial charge in [0.05, 0.1) is 0 Å². The predicted octanol–water partition coefficient (Wildman–Crippen LogP) is 9.56. The van der Waals surface area contributed by atoms with Crippen molar-refractivity contribution in [3.63, 3.8) is 0 Å². The third-order valence-electron chi connectivity index (χ3n) is 7.17. The van der Waals surface area contributed by atoms with Gasteiger partial charge in [0.15, 0.2) is 0 Å². The van der Waals surface area contributed by atoms with Crippen molar-refractivity contribution >= 4 is 42.8 Å². The fourth-order valence-corrected chi connectivity index (χ4v) is 7.95. The van der Waals surface area contributed by atoms with Gasteiger partial charge in [-0.15, -0.1) is 22.7 Å². The van der Waals surface area contributed by atoms with Crippen molar-refractivity contribution in [1.29, 1.82) is 0 Å². The summed E-state index contributed by atoms with van der Waals surface area (Å²) in [4.78, 5) is 2.89. The van der Waals surface area contributed by atoms with Crippen molar-refractivity contribution < 1.29 is 0 Å². The molecule has 6 aromatic rings. The summed E-state index contributed by atoms with van der Waals surface area (Å²) in [6, 6.07) is 31.3. The highest BCUT2D eigenvalue weighted by atomic mass is 32.1. The van der Waals surface area contributed by atoms with E-state index in [9.17, 15) is 0 Å². The minimum atomic E-state index is 1.01. The van der Waals surface area contributed by atoms with Crippen LogP contribution in [-0.2, 0) is 12.8 Å². The Morgan fingerprint density at radius 3 is 1.35 bits per heavy atom. The van der Waals surface area contributed by atoms with Crippen LogP contribution in [0.4, 0.5) is 0 Å². The van der Waals surface area contributed by atoms with Gasteiger partial charge in [-0.25, -0.2) is 0 Å². The summed E-state index contributed by atoms with van der Waals surface area (Å²) >= 11 is 3.93. The van der Waals surface area contributed by atoms with Gasteiger partial charge in [0.2, 0.25) is 0 Å². The molecule has 1 aliphatic carbocycles. The van der Waals surface area contributed by atoms with Crippen molar-refractivity contribution in [1.82, 2.24) is 0 Å². The lowest BCUT2D eigenvalue weighted by Gasteiger charge is -2.29. The zero-order chi connectivity index (χ0) is 22.8. The van der Waals surface area contributed by atoms with Gasteiger partial charge in [0, 0.05) is 32.0 Å². The summed E-state index contributed by atoms with van der Waals surface area (Å²) in [6.45, 7) is 4.64. The second-order valence-electron chi connectivity index (χ2n) is 9.44. The molecule has 0 bridgehead atoms. The van der Waals surface area contributed by atoms with Crippen LogP contribution in [-0.4, -0.2) is 0 Å². The van der Waals surface area contributed by atoms with Gasteiger partial charge < -0.3 is 0 Å². The molecule has 0 saturated heterocycles. The largest absolute Gasteiger partial charge is 0.140 e. The van der Waals surface area contributed by atoms with Crippen molar-refractivity contribution in [3.05, 3.63) is 117 Å². The highest BCUT2D eigenvalue weighted by molar-refractivity contribution is 7.19. The number of thiophene rings is 2. The molecule has 0 N–H and O–H groups in total. The molecule has 4 aromatic carbocycles. The van der Waals surface area contributed by atoms with Crippen LogP contribution in [0.3, 0.4) is 0 Å². The van der Waals surface area contributed by atoms with Crippen LogP contribution in [0.5, 0.6) is 0 Å². The molecule has 0 aliphatic heterocycles. The van der Waals surface area contributed by atoms with Crippen LogP contribution in [0.15, 0.2) is 84.9 Å². The monoisotopic (exact) mass is 472 g/mol. The Morgan fingerprint density at radius 1 is 0.529 bits per heavy atom. The maximum atomic E-state index is 2.45. The van der Waals surface area contributed by atoms with Crippen molar-refractivity contribution in [3.8, 4) is 22.3 Å². The minimum absolute atomic E-state index is 1.01. The molecule has 0 fully saturated rings. The van der Waals surface area contributed by atoms with E-state index in [4.69, 9.17) is 0 Å². The van der Waals surface area contributed by atoms with E-state index in [1.807, 2.05) is 22.7 Å². The van der Waals surface area contributed by atoms with Crippen LogP contribution in [0, 0.1) is 13.8 Å². The third kappa shape index (κ3) is 3.10. The second-order valence-corrected chi connectivity index (χ2v) is 11.7. The molecule has 2 heteroatoms. The number of fused-ring (bicyclic) bond motifs is 6. The number of benzene rings is 4. The molecule has 0 nitrogen and oxygen atoms in total. The summed E-state index contributed by atoms with van der Waals surface area (Å²) in [5.74, 6) is 0. The summed E-state index contributed by atoms with van der Waals surface area (Å²) in [6.07, 6.45) is 2.02. The van der Waals surface area contributed by atoms with E-state index in [0.29, 0.717) is 0 Å². The fraction of sp³-hybridized carbons (Fsp3) is 0.125. The van der Waals surface area contributed by atoms with E-state index < -0.39 is 0 Å². The van der Waals surface area contributed by atoms with Crippen molar-refractivity contribution in [2.75, 3.05) is 0 Å². The maximum absolute atomic E-state index is 2.45. The van der Waals surface area contributed by atoms with E-state index in [0.717, 1.165) is 12.8 Å². The molecule has 2 aromatic heterocycles. The zero-order valence-electron chi connectivity index (χ0n) is 19.3. The standard InChI is InChI=1S/C32H24S2/c1-19-29-27(17-23-15-25(33-31(19)23)13-21-9-5-3-6-10-21)30-20(2)32-24(18-28(29)30)16-26(34-32)14-22-11-7-4-8-12-22/h3-12,15-18H,13-14H2,1-2H3. The highest BCUT2D eigenvalue weighted by Gasteiger charge is 2.29. The summed E-state index contributed by atoms with van der Waals surface area (Å²) in [5.41, 5.74) is 11.5. The lowest BCUT2D eigenvalue weighted by atomic mass is 9.75. The Labute approximate surface area is 208 Å². The van der Waals surface area contributed by atoms with Crippen molar-refractivity contribution in [2.24, 2.45) is 0 Å². The van der Waals surface area contributed by atoms with Crippen LogP contribution < -0.4 is 0 Å². The number of rotatable bonds is 4. The first-order valence-corrected chi connectivity index (χ1v) is 13.5. The molecule has 0 atom stereocenters. The molecule has 0 unspecified atom stereocenters. The van der Waals surface area contributed by atoms with Gasteiger partial charge >= 0.3 is 0 Å². The van der Waals surface area contributed by atoms with Crippen molar-refractivity contribution in [2.45, 2.75) is 26.7 Å². The topological polar surface area (TPSA) is 0 Å². The molecule has 0 radical (unpaired) electrons. The Bertz CT molecular complexity index is 1560. The Kier molecular flexibility index (Phi) is 4.55. The first kappa shape index (κ1) is 20.2. The van der Waals surface area contributed by atoms with Crippen LogP contribution >= 0.6 is 22.7 Å². The molecule has 1 aliphatic rings. The average molecular weight is 473 g/mol. The van der Waals surface area contributed by atoms with Gasteiger partial charge in [-0.2, -0.15) is 0 Å². The lowest BCUT2D eigenvalue weighted by Crippen LogP contribution is -2.03. The van der Waals surface area contributed by atoms with E-state index in [1.165, 1.54) is 74.4 Å². The minimum Gasteiger partial charge on any atom is -0.140 e. The fourth-order valence-electron chi connectivity index (χ4n) is 5.60. The normalized spacial score (nSPS) is 12.1. The first-order chi connectivity index (χ1) is 16.7. The zero-order valence-corrected chi connectivity index (χ0v) is 20.9. The summed E-state index contributed by atoms with van der Waals surface area (Å²) < 4.78 is 2.89. The molecule has 0 amide bonds. The SMILES string of the molecule is Cc1c2c(cc3cc(Cc4ccccc4)sc13)-c1c-2cc2cc(Cc3ccccc3)sc2c1C. The highest BCUT2D eigenvalue weighted by Crippen LogP contribution is 2.55. The Balaban J connectivity index is 1.30. The van der Waals surface area contributed by atoms with Crippen LogP contribution in [0.1, 0.15) is 32.0 Å². The van der Waals surface area contributed by atoms with Gasteiger partial charge in [0.25, 0.3) is 0 Å². The van der Waals surface area contributed by atoms with Crippen LogP contribution in [0.25, 0.3) is 42.4 Å². The molecule has 34 heavy (non-hydrogen) atoms. The number of hydrogen-bond donors (Lipinski definition) is 0. The van der Waals surface area contributed by atoms with E-state index in [2.05, 4.69) is 98.8 Å². The smallest absolute Gasteiger partial charge is 0.0381 e. The first-order valence-electron chi connectivity index (χ1n) is 11.9. The molecule has 2 heterocycles. The van der Waals surface area contributed by atoms with Gasteiger partial charge in [-0.05, 0) is 93.4 Å². The molecular formula is C32H24S2. The van der Waals surface area contributed by atoms with Crippen LogP contribution in [0.2, 0.25) is 0 Å². The number of aryl methyl sites for hydroxylation is 2. The van der Waals surface area contributed by atoms with Gasteiger partial charge in [-0.3, -0.25) is 0 Å². The van der Waals surface area contributed by atoms with Gasteiger partial charge in [0.1, 0.15) is 0 Å². The van der Waals surface area contributed by atoms with Gasteiger partial charge in [-0.1, -0.05) is 60.7 Å². The number of hydrogen-bond acceptors (Lipinski definition) is 2. The molecule has 0 saturated carbocycles. The second kappa shape index (κ2) is 7.66. The molecular weight excluding hydrogens is 448 g/mol. The van der Waals surface area contributed by atoms with E-state index in [-0.39, 0.29) is 0 Å². The lowest BCUT2D eigenvalue weighted by molar-refractivity contribution is 1.24. The molecule has 7 rings (SSSR count). The Morgan fingerprint density at radius 2 is 0.941 bits per heavy atom. The van der Waals surface area contributed by atoms with E-state index >= 15 is 0 Å².